The number of aromatic nitrogens is 1. The molecule has 0 aliphatic rings. The van der Waals surface area contributed by atoms with E-state index in [1.165, 1.54) is 19.8 Å². The van der Waals surface area contributed by atoms with Crippen molar-refractivity contribution in [3.05, 3.63) is 45.9 Å². The molecule has 2 rings (SSSR count). The number of nitrogens with one attached hydrogen (secondary N) is 1. The number of hydrogen-bond acceptors (Lipinski definition) is 5. The van der Waals surface area contributed by atoms with Crippen molar-refractivity contribution in [1.82, 2.24) is 4.98 Å². The molecule has 0 aliphatic heterocycles. The van der Waals surface area contributed by atoms with Crippen molar-refractivity contribution < 1.29 is 9.63 Å². The molecule has 0 unspecified atom stereocenters. The van der Waals surface area contributed by atoms with E-state index in [0.29, 0.717) is 6.61 Å². The van der Waals surface area contributed by atoms with Gasteiger partial charge in [-0.2, -0.15) is 0 Å². The van der Waals surface area contributed by atoms with E-state index in [1.54, 1.807) is 11.3 Å². The molecule has 128 valence electrons. The van der Waals surface area contributed by atoms with Crippen LogP contribution in [0.1, 0.15) is 49.9 Å². The van der Waals surface area contributed by atoms with Crippen molar-refractivity contribution in [2.75, 3.05) is 5.32 Å². The van der Waals surface area contributed by atoms with Crippen molar-refractivity contribution in [3.8, 4) is 0 Å². The summed E-state index contributed by atoms with van der Waals surface area (Å²) < 4.78 is 0. The molecule has 1 N–H and O–H groups in total. The van der Waals surface area contributed by atoms with E-state index in [9.17, 15) is 4.79 Å². The molecule has 0 radical (unpaired) electrons. The number of amides is 1. The minimum atomic E-state index is -0.0851. The van der Waals surface area contributed by atoms with Crippen LogP contribution in [-0.4, -0.2) is 16.6 Å². The predicted molar refractivity (Wildman–Crippen MR) is 98.5 cm³/mol. The molecule has 0 saturated heterocycles. The number of oxime groups is 1. The van der Waals surface area contributed by atoms with E-state index in [2.05, 4.69) is 22.4 Å². The van der Waals surface area contributed by atoms with Crippen LogP contribution in [0.5, 0.6) is 0 Å². The number of thiazole rings is 1. The highest BCUT2D eigenvalue weighted by molar-refractivity contribution is 7.09. The van der Waals surface area contributed by atoms with Gasteiger partial charge in [-0.3, -0.25) is 4.79 Å². The summed E-state index contributed by atoms with van der Waals surface area (Å²) in [5, 5.41) is 10.1. The average molecular weight is 345 g/mol. The summed E-state index contributed by atoms with van der Waals surface area (Å²) in [4.78, 5) is 21.0. The highest BCUT2D eigenvalue weighted by Gasteiger charge is 2.03. The number of carbonyl (C=O) groups is 1. The molecule has 0 spiro atoms. The number of anilines is 1. The Kier molecular flexibility index (Phi) is 6.93. The van der Waals surface area contributed by atoms with Gasteiger partial charge in [0.25, 0.3) is 0 Å². The van der Waals surface area contributed by atoms with Crippen LogP contribution in [0.25, 0.3) is 0 Å². The SMILES string of the molecule is CCCCc1nc(CON=C(C)c2ccc(NC(C)=O)cc2)cs1. The first-order valence-electron chi connectivity index (χ1n) is 8.06. The lowest BCUT2D eigenvalue weighted by Crippen LogP contribution is -2.06. The minimum Gasteiger partial charge on any atom is -0.389 e. The molecule has 0 saturated carbocycles. The van der Waals surface area contributed by atoms with E-state index in [1.807, 2.05) is 36.6 Å². The van der Waals surface area contributed by atoms with Crippen LogP contribution in [0.4, 0.5) is 5.69 Å². The van der Waals surface area contributed by atoms with Crippen LogP contribution in [0.15, 0.2) is 34.8 Å². The van der Waals surface area contributed by atoms with Crippen molar-refractivity contribution >= 4 is 28.6 Å². The summed E-state index contributed by atoms with van der Waals surface area (Å²) in [6, 6.07) is 7.49. The van der Waals surface area contributed by atoms with Gasteiger partial charge in [0, 0.05) is 18.0 Å². The second kappa shape index (κ2) is 9.17. The molecular formula is C18H23N3O2S. The topological polar surface area (TPSA) is 63.6 Å². The molecule has 2 aromatic rings. The largest absolute Gasteiger partial charge is 0.389 e. The van der Waals surface area contributed by atoms with Gasteiger partial charge in [0.2, 0.25) is 5.91 Å². The van der Waals surface area contributed by atoms with Crippen LogP contribution in [0.2, 0.25) is 0 Å². The Morgan fingerprint density at radius 3 is 2.71 bits per heavy atom. The summed E-state index contributed by atoms with van der Waals surface area (Å²) in [6.07, 6.45) is 3.37. The maximum atomic E-state index is 11.0. The van der Waals surface area contributed by atoms with E-state index >= 15 is 0 Å². The standard InChI is InChI=1S/C18H23N3O2S/c1-4-5-6-18-20-17(12-24-18)11-23-21-13(2)15-7-9-16(10-8-15)19-14(3)22/h7-10,12H,4-6,11H2,1-3H3,(H,19,22). The lowest BCUT2D eigenvalue weighted by atomic mass is 10.1. The van der Waals surface area contributed by atoms with Gasteiger partial charge >= 0.3 is 0 Å². The summed E-state index contributed by atoms with van der Waals surface area (Å²) in [5.41, 5.74) is 3.42. The number of nitrogens with zero attached hydrogens (tertiary/aromatic N) is 2. The normalized spacial score (nSPS) is 11.4. The van der Waals surface area contributed by atoms with Crippen LogP contribution < -0.4 is 5.32 Å². The van der Waals surface area contributed by atoms with E-state index in [4.69, 9.17) is 4.84 Å². The van der Waals surface area contributed by atoms with Gasteiger partial charge in [-0.25, -0.2) is 4.98 Å². The summed E-state index contributed by atoms with van der Waals surface area (Å²) in [6.45, 7) is 5.93. The fourth-order valence-electron chi connectivity index (χ4n) is 2.10. The monoisotopic (exact) mass is 345 g/mol. The van der Waals surface area contributed by atoms with Crippen LogP contribution >= 0.6 is 11.3 Å². The zero-order valence-electron chi connectivity index (χ0n) is 14.3. The zero-order valence-corrected chi connectivity index (χ0v) is 15.2. The number of unbranched alkanes of at least 4 members (excludes halogenated alkanes) is 1. The second-order valence-electron chi connectivity index (χ2n) is 5.54. The van der Waals surface area contributed by atoms with Crippen molar-refractivity contribution in [3.63, 3.8) is 0 Å². The maximum absolute atomic E-state index is 11.0. The van der Waals surface area contributed by atoms with Crippen LogP contribution in [-0.2, 0) is 22.7 Å². The zero-order chi connectivity index (χ0) is 17.4. The number of rotatable bonds is 8. The molecule has 0 aliphatic carbocycles. The van der Waals surface area contributed by atoms with Gasteiger partial charge in [-0.15, -0.1) is 11.3 Å². The Morgan fingerprint density at radius 2 is 2.04 bits per heavy atom. The van der Waals surface area contributed by atoms with E-state index < -0.39 is 0 Å². The lowest BCUT2D eigenvalue weighted by molar-refractivity contribution is -0.114. The smallest absolute Gasteiger partial charge is 0.221 e. The summed E-state index contributed by atoms with van der Waals surface area (Å²) in [7, 11) is 0. The fourth-order valence-corrected chi connectivity index (χ4v) is 2.93. The summed E-state index contributed by atoms with van der Waals surface area (Å²) in [5.74, 6) is -0.0851. The molecular weight excluding hydrogens is 322 g/mol. The third-order valence-corrected chi connectivity index (χ3v) is 4.34. The maximum Gasteiger partial charge on any atom is 0.221 e. The Morgan fingerprint density at radius 1 is 1.29 bits per heavy atom. The van der Waals surface area contributed by atoms with Gasteiger partial charge in [0.15, 0.2) is 6.61 Å². The molecule has 1 aromatic carbocycles. The molecule has 0 fully saturated rings. The first-order chi connectivity index (χ1) is 11.6. The number of aryl methyl sites for hydroxylation is 1. The van der Waals surface area contributed by atoms with E-state index in [0.717, 1.165) is 34.1 Å². The van der Waals surface area contributed by atoms with E-state index in [-0.39, 0.29) is 5.91 Å². The molecule has 0 atom stereocenters. The summed E-state index contributed by atoms with van der Waals surface area (Å²) >= 11 is 1.68. The Labute approximate surface area is 146 Å². The fraction of sp³-hybridized carbons (Fsp3) is 0.389. The minimum absolute atomic E-state index is 0.0851. The molecule has 1 aromatic heterocycles. The quantitative estimate of drug-likeness (QED) is 0.570. The van der Waals surface area contributed by atoms with Crippen molar-refractivity contribution in [2.24, 2.45) is 5.16 Å². The molecule has 24 heavy (non-hydrogen) atoms. The Balaban J connectivity index is 1.87. The highest BCUT2D eigenvalue weighted by Crippen LogP contribution is 2.14. The molecule has 6 heteroatoms. The third kappa shape index (κ3) is 5.77. The molecule has 0 bridgehead atoms. The number of hydrogen-bond donors (Lipinski definition) is 1. The second-order valence-corrected chi connectivity index (χ2v) is 6.49. The number of benzene rings is 1. The number of carbonyl (C=O) groups excluding carboxylic acids is 1. The van der Waals surface area contributed by atoms with Gasteiger partial charge < -0.3 is 10.2 Å². The van der Waals surface area contributed by atoms with Crippen molar-refractivity contribution in [2.45, 2.75) is 46.6 Å². The van der Waals surface area contributed by atoms with Gasteiger partial charge in [-0.05, 0) is 37.5 Å². The van der Waals surface area contributed by atoms with Gasteiger partial charge in [0.05, 0.1) is 16.4 Å². The van der Waals surface area contributed by atoms with Gasteiger partial charge in [0.1, 0.15) is 0 Å². The van der Waals surface area contributed by atoms with Gasteiger partial charge in [-0.1, -0.05) is 30.6 Å². The third-order valence-electron chi connectivity index (χ3n) is 3.38. The first kappa shape index (κ1) is 18.1. The Hall–Kier alpha value is -2.21. The first-order valence-corrected chi connectivity index (χ1v) is 8.94. The molecule has 1 heterocycles. The Bertz CT molecular complexity index is 693. The molecule has 1 amide bonds. The van der Waals surface area contributed by atoms with Crippen molar-refractivity contribution in [1.29, 1.82) is 0 Å². The molecule has 5 nitrogen and oxygen atoms in total. The predicted octanol–water partition coefficient (Wildman–Crippen LogP) is 4.38. The van der Waals surface area contributed by atoms with Crippen LogP contribution in [0, 0.1) is 0 Å². The van der Waals surface area contributed by atoms with Crippen LogP contribution in [0.3, 0.4) is 0 Å². The highest BCUT2D eigenvalue weighted by atomic mass is 32.1. The lowest BCUT2D eigenvalue weighted by Gasteiger charge is -2.04. The average Bonchev–Trinajstić information content (AvgIpc) is 3.00.